The van der Waals surface area contributed by atoms with E-state index in [2.05, 4.69) is 15.5 Å². The molecule has 3 aromatic rings. The van der Waals surface area contributed by atoms with Gasteiger partial charge in [-0.05, 0) is 24.6 Å². The number of aromatic amines is 1. The van der Waals surface area contributed by atoms with E-state index in [-0.39, 0.29) is 5.91 Å². The number of nitrogens with zero attached hydrogens (tertiary/aromatic N) is 2. The number of hydrogen-bond acceptors (Lipinski definition) is 3. The highest BCUT2D eigenvalue weighted by molar-refractivity contribution is 6.04. The molecule has 0 aliphatic carbocycles. The van der Waals surface area contributed by atoms with Gasteiger partial charge in [-0.2, -0.15) is 5.10 Å². The second-order valence-electron chi connectivity index (χ2n) is 5.67. The van der Waals surface area contributed by atoms with Crippen LogP contribution in [0.2, 0.25) is 0 Å². The first-order valence-corrected chi connectivity index (χ1v) is 7.57. The summed E-state index contributed by atoms with van der Waals surface area (Å²) in [5.41, 5.74) is 8.96. The van der Waals surface area contributed by atoms with E-state index in [9.17, 15) is 9.59 Å². The molecule has 0 bridgehead atoms. The van der Waals surface area contributed by atoms with Gasteiger partial charge in [-0.25, -0.2) is 0 Å². The first-order valence-electron chi connectivity index (χ1n) is 7.57. The first kappa shape index (κ1) is 14.3. The predicted molar refractivity (Wildman–Crippen MR) is 88.6 cm³/mol. The van der Waals surface area contributed by atoms with Gasteiger partial charge in [-0.15, -0.1) is 0 Å². The molecule has 0 saturated carbocycles. The van der Waals surface area contributed by atoms with Crippen molar-refractivity contribution in [3.8, 4) is 11.4 Å². The van der Waals surface area contributed by atoms with Crippen LogP contribution in [0.4, 0.5) is 5.82 Å². The minimum atomic E-state index is -0.462. The molecule has 4 N–H and O–H groups in total. The van der Waals surface area contributed by atoms with Crippen LogP contribution >= 0.6 is 0 Å². The fourth-order valence-electron chi connectivity index (χ4n) is 2.97. The molecule has 3 heterocycles. The van der Waals surface area contributed by atoms with Gasteiger partial charge in [0.05, 0.1) is 17.0 Å². The summed E-state index contributed by atoms with van der Waals surface area (Å²) in [5.74, 6) is -0.147. The van der Waals surface area contributed by atoms with Crippen molar-refractivity contribution in [1.29, 1.82) is 0 Å². The maximum absolute atomic E-state index is 12.3. The number of aryl methyl sites for hydroxylation is 1. The normalized spacial score (nSPS) is 12.3. The van der Waals surface area contributed by atoms with Crippen molar-refractivity contribution in [2.45, 2.75) is 13.0 Å². The lowest BCUT2D eigenvalue weighted by atomic mass is 10.1. The number of primary amides is 1. The molecule has 0 saturated heterocycles. The van der Waals surface area contributed by atoms with Crippen molar-refractivity contribution in [1.82, 2.24) is 14.8 Å². The van der Waals surface area contributed by atoms with E-state index in [1.165, 1.54) is 0 Å². The van der Waals surface area contributed by atoms with E-state index in [1.807, 2.05) is 22.8 Å². The molecule has 7 heteroatoms. The SMILES string of the molecule is NC(=O)c1cc2n(c1)CCc1c(NC(=O)c3ccccc3)n[nH]c1-2. The average molecular weight is 321 g/mol. The highest BCUT2D eigenvalue weighted by Crippen LogP contribution is 2.33. The lowest BCUT2D eigenvalue weighted by Crippen LogP contribution is -2.15. The number of nitrogens with two attached hydrogens (primary N) is 1. The Kier molecular flexibility index (Phi) is 3.19. The van der Waals surface area contributed by atoms with Gasteiger partial charge in [0.1, 0.15) is 0 Å². The van der Waals surface area contributed by atoms with Gasteiger partial charge in [0, 0.05) is 23.9 Å². The fraction of sp³-hybridized carbons (Fsp3) is 0.118. The molecule has 1 aromatic carbocycles. The van der Waals surface area contributed by atoms with E-state index in [4.69, 9.17) is 5.73 Å². The Morgan fingerprint density at radius 3 is 2.75 bits per heavy atom. The average Bonchev–Trinajstić information content (AvgIpc) is 3.19. The Morgan fingerprint density at radius 1 is 1.21 bits per heavy atom. The third kappa shape index (κ3) is 2.26. The summed E-state index contributed by atoms with van der Waals surface area (Å²) in [7, 11) is 0. The molecule has 0 fully saturated rings. The van der Waals surface area contributed by atoms with Gasteiger partial charge < -0.3 is 15.6 Å². The molecule has 1 aliphatic heterocycles. The van der Waals surface area contributed by atoms with Crippen LogP contribution in [0.3, 0.4) is 0 Å². The fourth-order valence-corrected chi connectivity index (χ4v) is 2.97. The molecule has 0 spiro atoms. The van der Waals surface area contributed by atoms with Crippen LogP contribution in [-0.4, -0.2) is 26.6 Å². The van der Waals surface area contributed by atoms with Crippen LogP contribution in [0, 0.1) is 0 Å². The number of fused-ring (bicyclic) bond motifs is 3. The van der Waals surface area contributed by atoms with Crippen molar-refractivity contribution >= 4 is 17.6 Å². The minimum Gasteiger partial charge on any atom is -0.366 e. The molecule has 0 radical (unpaired) electrons. The highest BCUT2D eigenvalue weighted by atomic mass is 16.2. The van der Waals surface area contributed by atoms with Gasteiger partial charge >= 0.3 is 0 Å². The maximum atomic E-state index is 12.3. The van der Waals surface area contributed by atoms with E-state index >= 15 is 0 Å². The van der Waals surface area contributed by atoms with Gasteiger partial charge in [0.15, 0.2) is 5.82 Å². The molecule has 2 aromatic heterocycles. The topological polar surface area (TPSA) is 106 Å². The first-order chi connectivity index (χ1) is 11.6. The number of rotatable bonds is 3. The summed E-state index contributed by atoms with van der Waals surface area (Å²) in [6.07, 6.45) is 2.44. The predicted octanol–water partition coefficient (Wildman–Crippen LogP) is 1.79. The Balaban J connectivity index is 1.66. The van der Waals surface area contributed by atoms with Crippen molar-refractivity contribution in [3.63, 3.8) is 0 Å². The van der Waals surface area contributed by atoms with E-state index in [0.29, 0.717) is 29.9 Å². The second kappa shape index (κ2) is 5.38. The number of anilines is 1. The smallest absolute Gasteiger partial charge is 0.256 e. The van der Waals surface area contributed by atoms with Crippen LogP contribution in [0.5, 0.6) is 0 Å². The van der Waals surface area contributed by atoms with Crippen molar-refractivity contribution in [3.05, 3.63) is 59.3 Å². The summed E-state index contributed by atoms with van der Waals surface area (Å²) < 4.78 is 1.96. The van der Waals surface area contributed by atoms with Crippen LogP contribution in [-0.2, 0) is 13.0 Å². The van der Waals surface area contributed by atoms with Crippen molar-refractivity contribution < 1.29 is 9.59 Å². The number of H-pyrrole nitrogens is 1. The Morgan fingerprint density at radius 2 is 2.00 bits per heavy atom. The molecule has 24 heavy (non-hydrogen) atoms. The Labute approximate surface area is 137 Å². The Bertz CT molecular complexity index is 939. The molecule has 120 valence electrons. The molecule has 2 amide bonds. The zero-order valence-corrected chi connectivity index (χ0v) is 12.7. The van der Waals surface area contributed by atoms with Crippen LogP contribution in [0.1, 0.15) is 26.3 Å². The summed E-state index contributed by atoms with van der Waals surface area (Å²) in [6, 6.07) is 10.7. The van der Waals surface area contributed by atoms with E-state index in [1.54, 1.807) is 24.4 Å². The maximum Gasteiger partial charge on any atom is 0.256 e. The number of benzene rings is 1. The number of nitrogens with one attached hydrogen (secondary N) is 2. The number of aromatic nitrogens is 3. The standard InChI is InChI=1S/C17H15N5O2/c18-15(23)11-8-13-14-12(6-7-22(13)9-11)16(21-20-14)19-17(24)10-4-2-1-3-5-10/h1-5,8-9H,6-7H2,(H2,18,23)(H2,19,20,21,24). The lowest BCUT2D eigenvalue weighted by molar-refractivity contribution is 0.0997. The summed E-state index contributed by atoms with van der Waals surface area (Å²) in [5, 5.41) is 10.0. The molecule has 4 rings (SSSR count). The quantitative estimate of drug-likeness (QED) is 0.684. The molecular formula is C17H15N5O2. The zero-order valence-electron chi connectivity index (χ0n) is 12.7. The van der Waals surface area contributed by atoms with Crippen molar-refractivity contribution in [2.24, 2.45) is 5.73 Å². The number of carbonyl (C=O) groups excluding carboxylic acids is 2. The Hall–Kier alpha value is -3.35. The molecule has 0 atom stereocenters. The minimum absolute atomic E-state index is 0.205. The van der Waals surface area contributed by atoms with Crippen LogP contribution in [0.25, 0.3) is 11.4 Å². The summed E-state index contributed by atoms with van der Waals surface area (Å²) >= 11 is 0. The lowest BCUT2D eigenvalue weighted by Gasteiger charge is -2.16. The molecular weight excluding hydrogens is 306 g/mol. The van der Waals surface area contributed by atoms with E-state index < -0.39 is 5.91 Å². The van der Waals surface area contributed by atoms with Gasteiger partial charge in [0.2, 0.25) is 5.91 Å². The number of hydrogen-bond donors (Lipinski definition) is 3. The third-order valence-electron chi connectivity index (χ3n) is 4.17. The van der Waals surface area contributed by atoms with Crippen LogP contribution < -0.4 is 11.1 Å². The van der Waals surface area contributed by atoms with Crippen LogP contribution in [0.15, 0.2) is 42.6 Å². The number of amides is 2. The largest absolute Gasteiger partial charge is 0.366 e. The zero-order chi connectivity index (χ0) is 16.7. The van der Waals surface area contributed by atoms with Gasteiger partial charge in [-0.1, -0.05) is 18.2 Å². The summed E-state index contributed by atoms with van der Waals surface area (Å²) in [4.78, 5) is 23.7. The monoisotopic (exact) mass is 321 g/mol. The van der Waals surface area contributed by atoms with E-state index in [0.717, 1.165) is 17.0 Å². The molecule has 7 nitrogen and oxygen atoms in total. The van der Waals surface area contributed by atoms with Crippen molar-refractivity contribution in [2.75, 3.05) is 5.32 Å². The highest BCUT2D eigenvalue weighted by Gasteiger charge is 2.24. The molecule has 0 unspecified atom stereocenters. The van der Waals surface area contributed by atoms with Gasteiger partial charge in [0.25, 0.3) is 5.91 Å². The van der Waals surface area contributed by atoms with Gasteiger partial charge in [-0.3, -0.25) is 14.7 Å². The summed E-state index contributed by atoms with van der Waals surface area (Å²) in [6.45, 7) is 0.698. The third-order valence-corrected chi connectivity index (χ3v) is 4.17. The number of carbonyl (C=O) groups is 2. The molecule has 1 aliphatic rings. The second-order valence-corrected chi connectivity index (χ2v) is 5.67.